The van der Waals surface area contributed by atoms with Crippen molar-refractivity contribution >= 4 is 22.4 Å². The maximum Gasteiger partial charge on any atom is 0.211 e. The summed E-state index contributed by atoms with van der Waals surface area (Å²) in [6, 6.07) is 6.55. The van der Waals surface area contributed by atoms with Crippen molar-refractivity contribution < 1.29 is 28.8 Å². The molecular formula is C22H22N2O6. The number of hydrogen-bond donors (Lipinski definition) is 3. The molecule has 156 valence electrons. The van der Waals surface area contributed by atoms with Crippen molar-refractivity contribution in [2.24, 2.45) is 0 Å². The molecule has 8 nitrogen and oxygen atoms in total. The van der Waals surface area contributed by atoms with E-state index in [1.807, 2.05) is 0 Å². The summed E-state index contributed by atoms with van der Waals surface area (Å²) in [4.78, 5) is 16.3. The van der Waals surface area contributed by atoms with Crippen molar-refractivity contribution in [3.63, 3.8) is 0 Å². The van der Waals surface area contributed by atoms with Gasteiger partial charge in [-0.3, -0.25) is 4.79 Å². The number of aliphatic hydroxyl groups is 1. The van der Waals surface area contributed by atoms with Gasteiger partial charge < -0.3 is 34.8 Å². The molecule has 0 radical (unpaired) electrons. The Hall–Kier alpha value is -3.83. The minimum Gasteiger partial charge on any atom is -0.495 e. The molecule has 1 aromatic heterocycles. The van der Waals surface area contributed by atoms with E-state index in [0.29, 0.717) is 45.0 Å². The van der Waals surface area contributed by atoms with Gasteiger partial charge in [0.2, 0.25) is 11.5 Å². The van der Waals surface area contributed by atoms with E-state index in [1.165, 1.54) is 28.4 Å². The molecule has 30 heavy (non-hydrogen) atoms. The predicted molar refractivity (Wildman–Crippen MR) is 113 cm³/mol. The minimum absolute atomic E-state index is 0.216. The monoisotopic (exact) mass is 410 g/mol. The van der Waals surface area contributed by atoms with Gasteiger partial charge in [0.25, 0.3) is 0 Å². The standard InChI is InChI=1S/C22H22N2O6/c1-27-16-11-15-14(8-12(16)6-5-7-25)19(23)20(24-15)21(26)13-9-17(28-2)22(30-4)18(10-13)29-3/h8-11,24-25H,7,23H2,1-4H3. The van der Waals surface area contributed by atoms with Gasteiger partial charge in [0, 0.05) is 17.0 Å². The molecule has 0 spiro atoms. The molecule has 4 N–H and O–H groups in total. The highest BCUT2D eigenvalue weighted by Gasteiger charge is 2.22. The lowest BCUT2D eigenvalue weighted by atomic mass is 10.0. The van der Waals surface area contributed by atoms with E-state index in [0.717, 1.165) is 0 Å². The summed E-state index contributed by atoms with van der Waals surface area (Å²) in [6.07, 6.45) is 0. The van der Waals surface area contributed by atoms with Gasteiger partial charge in [0.1, 0.15) is 18.1 Å². The Bertz CT molecular complexity index is 1140. The average Bonchev–Trinajstić information content (AvgIpc) is 3.10. The van der Waals surface area contributed by atoms with E-state index in [4.69, 9.17) is 29.8 Å². The molecule has 0 aliphatic carbocycles. The van der Waals surface area contributed by atoms with Crippen LogP contribution in [-0.2, 0) is 0 Å². The third-order valence-electron chi connectivity index (χ3n) is 4.61. The molecule has 0 unspecified atom stereocenters. The Labute approximate surface area is 173 Å². The molecule has 0 amide bonds. The lowest BCUT2D eigenvalue weighted by Gasteiger charge is -2.13. The number of carbonyl (C=O) groups excluding carboxylic acids is 1. The number of aliphatic hydroxyl groups excluding tert-OH is 1. The predicted octanol–water partition coefficient (Wildman–Crippen LogP) is 2.36. The summed E-state index contributed by atoms with van der Waals surface area (Å²) in [5.74, 6) is 6.66. The SMILES string of the molecule is COc1cc2[nH]c(C(=O)c3cc(OC)c(OC)c(OC)c3)c(N)c2cc1C#CCO. The molecule has 0 fully saturated rings. The number of nitrogen functional groups attached to an aromatic ring is 1. The Morgan fingerprint density at radius 2 is 1.63 bits per heavy atom. The van der Waals surface area contributed by atoms with Crippen molar-refractivity contribution in [3.8, 4) is 34.8 Å². The highest BCUT2D eigenvalue weighted by Crippen LogP contribution is 2.39. The summed E-state index contributed by atoms with van der Waals surface area (Å²) in [6.45, 7) is -0.283. The number of ketones is 1. The van der Waals surface area contributed by atoms with E-state index in [9.17, 15) is 4.79 Å². The molecule has 2 aromatic carbocycles. The zero-order chi connectivity index (χ0) is 21.8. The molecule has 8 heteroatoms. The van der Waals surface area contributed by atoms with Gasteiger partial charge in [-0.15, -0.1) is 0 Å². The van der Waals surface area contributed by atoms with Crippen LogP contribution in [0.1, 0.15) is 21.6 Å². The van der Waals surface area contributed by atoms with Crippen LogP contribution < -0.4 is 24.7 Å². The summed E-state index contributed by atoms with van der Waals surface area (Å²) in [7, 11) is 5.95. The minimum atomic E-state index is -0.343. The fourth-order valence-corrected chi connectivity index (χ4v) is 3.18. The molecule has 1 heterocycles. The van der Waals surface area contributed by atoms with Gasteiger partial charge >= 0.3 is 0 Å². The summed E-state index contributed by atoms with van der Waals surface area (Å²) in [5, 5.41) is 9.58. The van der Waals surface area contributed by atoms with Crippen LogP contribution in [0.2, 0.25) is 0 Å². The number of fused-ring (bicyclic) bond motifs is 1. The van der Waals surface area contributed by atoms with E-state index in [-0.39, 0.29) is 23.8 Å². The molecule has 3 aromatic rings. The normalized spacial score (nSPS) is 10.3. The van der Waals surface area contributed by atoms with E-state index < -0.39 is 0 Å². The Balaban J connectivity index is 2.15. The fraction of sp³-hybridized carbons (Fsp3) is 0.227. The van der Waals surface area contributed by atoms with Gasteiger partial charge in [-0.05, 0) is 18.2 Å². The van der Waals surface area contributed by atoms with Crippen molar-refractivity contribution in [3.05, 3.63) is 41.1 Å². The van der Waals surface area contributed by atoms with Gasteiger partial charge in [-0.2, -0.15) is 0 Å². The number of nitrogens with one attached hydrogen (secondary N) is 1. The van der Waals surface area contributed by atoms with Crippen LogP contribution in [0.5, 0.6) is 23.0 Å². The number of ether oxygens (including phenoxy) is 4. The fourth-order valence-electron chi connectivity index (χ4n) is 3.18. The van der Waals surface area contributed by atoms with Crippen molar-refractivity contribution in [1.29, 1.82) is 0 Å². The molecule has 0 aliphatic rings. The second-order valence-corrected chi connectivity index (χ2v) is 6.21. The third kappa shape index (κ3) is 3.58. The van der Waals surface area contributed by atoms with Crippen LogP contribution in [0, 0.1) is 11.8 Å². The number of rotatable bonds is 6. The Morgan fingerprint density at radius 3 is 2.17 bits per heavy atom. The van der Waals surface area contributed by atoms with Gasteiger partial charge in [-0.25, -0.2) is 0 Å². The van der Waals surface area contributed by atoms with Crippen LogP contribution in [0.3, 0.4) is 0 Å². The summed E-state index contributed by atoms with van der Waals surface area (Å²) in [5.41, 5.74) is 8.27. The number of H-pyrrole nitrogens is 1. The molecular weight excluding hydrogens is 388 g/mol. The van der Waals surface area contributed by atoms with Gasteiger partial charge in [0.15, 0.2) is 11.5 Å². The van der Waals surface area contributed by atoms with Gasteiger partial charge in [-0.1, -0.05) is 11.8 Å². The molecule has 0 atom stereocenters. The van der Waals surface area contributed by atoms with Crippen LogP contribution >= 0.6 is 0 Å². The highest BCUT2D eigenvalue weighted by atomic mass is 16.5. The summed E-state index contributed by atoms with van der Waals surface area (Å²) < 4.78 is 21.3. The van der Waals surface area contributed by atoms with Crippen molar-refractivity contribution in [2.75, 3.05) is 40.8 Å². The topological polar surface area (TPSA) is 116 Å². The number of aromatic amines is 1. The smallest absolute Gasteiger partial charge is 0.211 e. The number of hydrogen-bond acceptors (Lipinski definition) is 7. The third-order valence-corrected chi connectivity index (χ3v) is 4.61. The largest absolute Gasteiger partial charge is 0.495 e. The number of carbonyl (C=O) groups is 1. The lowest BCUT2D eigenvalue weighted by molar-refractivity contribution is 0.103. The number of nitrogens with two attached hydrogens (primary N) is 1. The number of aromatic nitrogens is 1. The Kier molecular flexibility index (Phi) is 6.04. The maximum absolute atomic E-state index is 13.2. The molecule has 0 saturated heterocycles. The molecule has 0 bridgehead atoms. The highest BCUT2D eigenvalue weighted by molar-refractivity contribution is 6.16. The van der Waals surface area contributed by atoms with Gasteiger partial charge in [0.05, 0.1) is 45.2 Å². The second-order valence-electron chi connectivity index (χ2n) is 6.21. The average molecular weight is 410 g/mol. The molecule has 0 saturated carbocycles. The zero-order valence-electron chi connectivity index (χ0n) is 17.1. The van der Waals surface area contributed by atoms with Crippen LogP contribution in [0.15, 0.2) is 24.3 Å². The maximum atomic E-state index is 13.2. The van der Waals surface area contributed by atoms with Crippen LogP contribution in [0.4, 0.5) is 5.69 Å². The van der Waals surface area contributed by atoms with Crippen molar-refractivity contribution in [2.45, 2.75) is 0 Å². The first-order valence-corrected chi connectivity index (χ1v) is 8.92. The van der Waals surface area contributed by atoms with Crippen LogP contribution in [-0.4, -0.2) is 50.9 Å². The molecule has 0 aliphatic heterocycles. The number of methoxy groups -OCH3 is 4. The van der Waals surface area contributed by atoms with E-state index >= 15 is 0 Å². The number of benzene rings is 2. The van der Waals surface area contributed by atoms with E-state index in [1.54, 1.807) is 24.3 Å². The van der Waals surface area contributed by atoms with Crippen LogP contribution in [0.25, 0.3) is 10.9 Å². The Morgan fingerprint density at radius 1 is 1.00 bits per heavy atom. The second kappa shape index (κ2) is 8.68. The first kappa shape index (κ1) is 20.9. The quantitative estimate of drug-likeness (QED) is 0.422. The van der Waals surface area contributed by atoms with Crippen molar-refractivity contribution in [1.82, 2.24) is 4.98 Å². The first-order chi connectivity index (χ1) is 14.5. The molecule has 3 rings (SSSR count). The first-order valence-electron chi connectivity index (χ1n) is 8.92. The number of anilines is 1. The van der Waals surface area contributed by atoms with E-state index in [2.05, 4.69) is 16.8 Å². The summed E-state index contributed by atoms with van der Waals surface area (Å²) >= 11 is 0. The zero-order valence-corrected chi connectivity index (χ0v) is 17.1. The lowest BCUT2D eigenvalue weighted by Crippen LogP contribution is -2.06.